The topological polar surface area (TPSA) is 113 Å². The van der Waals surface area contributed by atoms with Gasteiger partial charge in [-0.2, -0.15) is 91.4 Å². The molecule has 20 rings (SSSR count). The van der Waals surface area contributed by atoms with Crippen LogP contribution in [0.2, 0.25) is 0 Å². The second-order valence-electron chi connectivity index (χ2n) is 31.6. The Morgan fingerprint density at radius 3 is 1.33 bits per heavy atom. The second-order valence-corrected chi connectivity index (χ2v) is 31.6. The fourth-order valence-corrected chi connectivity index (χ4v) is 15.0. The Kier molecular flexibility index (Phi) is 31.7. The molecule has 0 N–H and O–H groups in total. The summed E-state index contributed by atoms with van der Waals surface area (Å²) >= 11 is 0. The molecule has 0 amide bonds. The predicted octanol–water partition coefficient (Wildman–Crippen LogP) is 25.1. The van der Waals surface area contributed by atoms with Gasteiger partial charge in [0.15, 0.2) is 0 Å². The number of hydrogen-bond acceptors (Lipinski definition) is 10. The van der Waals surface area contributed by atoms with Gasteiger partial charge in [0.1, 0.15) is 0 Å². The van der Waals surface area contributed by atoms with Crippen molar-refractivity contribution >= 4 is 39.3 Å². The molecule has 3 aromatic heterocycles. The minimum absolute atomic E-state index is 0. The standard InChI is InChI=1S/C26H20N2.2C24H22N2.C13H8N2.C12H13N3.C11H10N2.3Pt/c1-27-19-28(26-10-6-5-9-25(26)27)24-17-15-23(16-18-24)22-13-11-21(12-14-22)20-7-3-2-4-8-20;2*1-18-15-22(20-7-5-4-6-8-20)16-19(2)24(18)21-9-11-23(12-10-21)26-14-13-25(3)17-26;1-2-6-10(7-3-1)13-11-8-4-5-9-12(11)14-15-13;1-12(2,3)10-6-4-5-9(7-10)11-13-8-14-15-11;1-8-3-5-10(6-4-8)11-7-9(2)12-13-11;;;/h2-17,19H,1H3;2*4-11,13-17H,1-3H3;1-6,8-9H;4,6-8H,1-3H3;3-5,7H,1-2H3;;;/q6*-2;3*+4. The largest absolute Gasteiger partial charge is 4.00 e. The van der Waals surface area contributed by atoms with Crippen molar-refractivity contribution in [1.29, 1.82) is 0 Å². The first kappa shape index (κ1) is 92.4. The minimum Gasteiger partial charge on any atom is -0.619 e. The number of benzene rings is 14. The number of aromatic nitrogens is 7. The summed E-state index contributed by atoms with van der Waals surface area (Å²) in [6.45, 7) is 25.4. The van der Waals surface area contributed by atoms with Crippen LogP contribution in [0.25, 0.3) is 112 Å². The van der Waals surface area contributed by atoms with Gasteiger partial charge in [-0.3, -0.25) is 0 Å². The van der Waals surface area contributed by atoms with Crippen molar-refractivity contribution in [3.05, 3.63) is 436 Å². The zero-order valence-electron chi connectivity index (χ0n) is 72.3. The summed E-state index contributed by atoms with van der Waals surface area (Å²) in [6.07, 6.45) is 9.58. The summed E-state index contributed by atoms with van der Waals surface area (Å²) in [5.74, 6) is 0.640. The van der Waals surface area contributed by atoms with Gasteiger partial charge in [-0.15, -0.1) is 148 Å². The van der Waals surface area contributed by atoms with Crippen LogP contribution in [-0.4, -0.2) is 51.3 Å². The normalized spacial score (nSPS) is 12.2. The Morgan fingerprint density at radius 2 is 0.849 bits per heavy atom. The molecule has 13 nitrogen and oxygen atoms in total. The van der Waals surface area contributed by atoms with Gasteiger partial charge in [-0.05, 0) is 144 Å². The fourth-order valence-electron chi connectivity index (χ4n) is 15.0. The van der Waals surface area contributed by atoms with E-state index in [4.69, 9.17) is 0 Å². The minimum atomic E-state index is 0. The van der Waals surface area contributed by atoms with E-state index in [-0.39, 0.29) is 68.6 Å². The van der Waals surface area contributed by atoms with Gasteiger partial charge in [0, 0.05) is 22.6 Å². The van der Waals surface area contributed by atoms with Crippen LogP contribution in [0.3, 0.4) is 0 Å². The van der Waals surface area contributed by atoms with Crippen LogP contribution < -0.4 is 34.8 Å². The van der Waals surface area contributed by atoms with Crippen LogP contribution in [0.5, 0.6) is 0 Å². The van der Waals surface area contributed by atoms with E-state index in [0.717, 1.165) is 61.7 Å². The maximum atomic E-state index is 4.18. The molecule has 3 aliphatic heterocycles. The second kappa shape index (κ2) is 43.2. The van der Waals surface area contributed by atoms with Gasteiger partial charge < -0.3 is 65.0 Å². The third-order valence-electron chi connectivity index (χ3n) is 21.3. The van der Waals surface area contributed by atoms with Crippen LogP contribution in [0.1, 0.15) is 59.8 Å². The molecule has 0 aliphatic carbocycles. The van der Waals surface area contributed by atoms with E-state index in [0.29, 0.717) is 5.82 Å². The van der Waals surface area contributed by atoms with Crippen molar-refractivity contribution in [2.75, 3.05) is 40.7 Å². The Morgan fingerprint density at radius 1 is 0.365 bits per heavy atom. The molecule has 0 radical (unpaired) electrons. The molecule has 0 bridgehead atoms. The van der Waals surface area contributed by atoms with Crippen LogP contribution in [0.15, 0.2) is 341 Å². The first-order chi connectivity index (χ1) is 59.8. The van der Waals surface area contributed by atoms with E-state index >= 15 is 0 Å². The number of para-hydroxylation sites is 2. The average molecular weight is 2180 g/mol. The summed E-state index contributed by atoms with van der Waals surface area (Å²) in [5.41, 5.74) is 34.8. The van der Waals surface area contributed by atoms with Gasteiger partial charge in [0.2, 0.25) is 0 Å². The Balaban J connectivity index is 0.000000140. The summed E-state index contributed by atoms with van der Waals surface area (Å²) in [4.78, 5) is 16.6. The Labute approximate surface area is 786 Å². The number of nitrogens with zero attached hydrogens (tertiary/aromatic N) is 13. The Hall–Kier alpha value is -12.8. The molecule has 0 saturated heterocycles. The molecule has 17 aromatic rings. The smallest absolute Gasteiger partial charge is 0.619 e. The molecule has 3 aliphatic rings. The quantitative estimate of drug-likeness (QED) is 0.108. The van der Waals surface area contributed by atoms with E-state index in [1.165, 1.54) is 118 Å². The molecule has 0 spiro atoms. The molecule has 0 unspecified atom stereocenters. The van der Waals surface area contributed by atoms with E-state index in [1.54, 1.807) is 0 Å². The van der Waals surface area contributed by atoms with Crippen LogP contribution in [-0.2, 0) is 68.6 Å². The third kappa shape index (κ3) is 23.0. The molecular weight excluding hydrogens is 2090 g/mol. The molecule has 630 valence electrons. The van der Waals surface area contributed by atoms with Gasteiger partial charge in [0.25, 0.3) is 0 Å². The zero-order chi connectivity index (χ0) is 85.4. The number of hydrogen-bond donors (Lipinski definition) is 0. The molecular formula is C110H95N13Pt3. The maximum Gasteiger partial charge on any atom is 4.00 e. The van der Waals surface area contributed by atoms with Crippen LogP contribution in [0, 0.1) is 97.9 Å². The van der Waals surface area contributed by atoms with Gasteiger partial charge in [-0.25, -0.2) is 5.69 Å². The van der Waals surface area contributed by atoms with Gasteiger partial charge in [-0.1, -0.05) is 254 Å². The van der Waals surface area contributed by atoms with Crippen molar-refractivity contribution in [2.45, 2.75) is 67.7 Å². The van der Waals surface area contributed by atoms with Gasteiger partial charge in [0.05, 0.1) is 0 Å². The molecule has 126 heavy (non-hydrogen) atoms. The molecule has 6 heterocycles. The summed E-state index contributed by atoms with van der Waals surface area (Å²) in [6, 6.07) is 126. The summed E-state index contributed by atoms with van der Waals surface area (Å²) in [5, 5.41) is 25.0. The van der Waals surface area contributed by atoms with Crippen LogP contribution >= 0.6 is 0 Å². The van der Waals surface area contributed by atoms with Crippen molar-refractivity contribution in [2.24, 2.45) is 0 Å². The predicted molar refractivity (Wildman–Crippen MR) is 505 cm³/mol. The molecule has 0 saturated carbocycles. The van der Waals surface area contributed by atoms with Crippen molar-refractivity contribution in [3.8, 4) is 101 Å². The number of fused-ring (bicyclic) bond motifs is 2. The van der Waals surface area contributed by atoms with Gasteiger partial charge >= 0.3 is 63.2 Å². The average Bonchev–Trinajstić information content (AvgIpc) is 1.40. The summed E-state index contributed by atoms with van der Waals surface area (Å²) in [7, 11) is 6.11. The fraction of sp³-hybridized carbons (Fsp3) is 0.118. The molecule has 14 aromatic carbocycles. The monoisotopic (exact) mass is 2180 g/mol. The maximum absolute atomic E-state index is 4.18. The van der Waals surface area contributed by atoms with E-state index in [2.05, 4.69) is 384 Å². The van der Waals surface area contributed by atoms with Crippen molar-refractivity contribution in [3.63, 3.8) is 0 Å². The number of aryl methyl sites for hydroxylation is 6. The van der Waals surface area contributed by atoms with E-state index in [1.807, 2.05) is 155 Å². The first-order valence-corrected chi connectivity index (χ1v) is 41.0. The third-order valence-corrected chi connectivity index (χ3v) is 21.3. The summed E-state index contributed by atoms with van der Waals surface area (Å²) < 4.78 is 0. The Bertz CT molecular complexity index is 6170. The van der Waals surface area contributed by atoms with E-state index in [9.17, 15) is 0 Å². The SMILES string of the molecule is CC(C)(C)c1cc[c-]c(-c2nnc[n-]2)c1.CN1[CH-]N(c2[c-]cc(-c3ccc(-c4ccccc4)cc3)cc2)c2ccccc21.Cc1c[c-]c(-c2cc(C)n[n-]2)cc1.Cc1cc(-c2ccccc2)cc(C)c1-c1c[c-]c(N2C=CN(C)[CH-]2)cc1.Cc1cc(-c2ccccc2)cc(C)c1-c1c[c-]c(N2C=CN(C)[CH-]2)cc1.[Pt+4].[Pt+4].[Pt+4].[c-]1ccccc1-c1[n-]nc2ccccc12. The molecule has 16 heteroatoms. The zero-order valence-corrected chi connectivity index (χ0v) is 79.1. The number of anilines is 5. The van der Waals surface area contributed by atoms with Crippen molar-refractivity contribution < 1.29 is 63.2 Å². The first-order valence-electron chi connectivity index (χ1n) is 41.0. The van der Waals surface area contributed by atoms with Crippen molar-refractivity contribution in [1.82, 2.24) is 45.4 Å². The molecule has 0 fully saturated rings. The number of rotatable bonds is 12. The van der Waals surface area contributed by atoms with Crippen LogP contribution in [0.4, 0.5) is 28.4 Å². The van der Waals surface area contributed by atoms with E-state index < -0.39 is 0 Å². The molecule has 0 atom stereocenters.